The Kier molecular flexibility index (Phi) is 2.45. The van der Waals surface area contributed by atoms with Gasteiger partial charge in [-0.05, 0) is 23.9 Å². The van der Waals surface area contributed by atoms with Gasteiger partial charge >= 0.3 is 0 Å². The SMILES string of the molecule is O=c1c2c(Cl)cccc2ccn1C1CC1CO. The number of hydrogen-bond acceptors (Lipinski definition) is 2. The molecule has 0 saturated heterocycles. The summed E-state index contributed by atoms with van der Waals surface area (Å²) < 4.78 is 1.69. The molecule has 1 aromatic heterocycles. The fourth-order valence-corrected chi connectivity index (χ4v) is 2.56. The third-order valence-electron chi connectivity index (χ3n) is 3.39. The van der Waals surface area contributed by atoms with Crippen LogP contribution in [0.4, 0.5) is 0 Å². The van der Waals surface area contributed by atoms with Gasteiger partial charge in [0, 0.05) is 24.8 Å². The molecule has 17 heavy (non-hydrogen) atoms. The van der Waals surface area contributed by atoms with Crippen LogP contribution in [0.3, 0.4) is 0 Å². The van der Waals surface area contributed by atoms with Crippen LogP contribution in [0.25, 0.3) is 10.8 Å². The average molecular weight is 250 g/mol. The molecule has 88 valence electrons. The first kappa shape index (κ1) is 10.8. The average Bonchev–Trinajstić information content (AvgIpc) is 3.09. The molecule has 3 rings (SSSR count). The number of benzene rings is 1. The zero-order chi connectivity index (χ0) is 12.0. The lowest BCUT2D eigenvalue weighted by molar-refractivity contribution is 0.268. The number of halogens is 1. The summed E-state index contributed by atoms with van der Waals surface area (Å²) in [7, 11) is 0. The molecule has 1 saturated carbocycles. The molecule has 1 fully saturated rings. The summed E-state index contributed by atoms with van der Waals surface area (Å²) in [4.78, 5) is 12.3. The van der Waals surface area contributed by atoms with Crippen LogP contribution in [0.15, 0.2) is 35.3 Å². The van der Waals surface area contributed by atoms with Gasteiger partial charge in [0.15, 0.2) is 0 Å². The minimum Gasteiger partial charge on any atom is -0.396 e. The fraction of sp³-hybridized carbons (Fsp3) is 0.308. The standard InChI is InChI=1S/C13H12ClNO2/c14-10-3-1-2-8-4-5-15(13(17)12(8)10)11-6-9(11)7-16/h1-5,9,11,16H,6-7H2. The molecular formula is C13H12ClNO2. The van der Waals surface area contributed by atoms with E-state index in [0.29, 0.717) is 10.4 Å². The summed E-state index contributed by atoms with van der Waals surface area (Å²) in [5.74, 6) is 0.215. The van der Waals surface area contributed by atoms with E-state index in [4.69, 9.17) is 16.7 Å². The van der Waals surface area contributed by atoms with Crippen LogP contribution in [0.1, 0.15) is 12.5 Å². The van der Waals surface area contributed by atoms with Crippen molar-refractivity contribution < 1.29 is 5.11 Å². The summed E-state index contributed by atoms with van der Waals surface area (Å²) >= 11 is 6.07. The molecule has 3 nitrogen and oxygen atoms in total. The number of hydrogen-bond donors (Lipinski definition) is 1. The minimum absolute atomic E-state index is 0.0611. The largest absolute Gasteiger partial charge is 0.396 e. The third-order valence-corrected chi connectivity index (χ3v) is 3.70. The van der Waals surface area contributed by atoms with E-state index in [1.807, 2.05) is 18.2 Å². The van der Waals surface area contributed by atoms with Crippen LogP contribution in [0.5, 0.6) is 0 Å². The van der Waals surface area contributed by atoms with Crippen LogP contribution in [0, 0.1) is 5.92 Å². The Bertz CT molecular complexity index is 635. The molecule has 4 heteroatoms. The van der Waals surface area contributed by atoms with Crippen LogP contribution in [-0.2, 0) is 0 Å². The molecule has 2 aromatic rings. The maximum Gasteiger partial charge on any atom is 0.260 e. The lowest BCUT2D eigenvalue weighted by atomic mass is 10.2. The van der Waals surface area contributed by atoms with Gasteiger partial charge in [-0.1, -0.05) is 23.7 Å². The number of aliphatic hydroxyl groups is 1. The van der Waals surface area contributed by atoms with Crippen molar-refractivity contribution in [1.82, 2.24) is 4.57 Å². The van der Waals surface area contributed by atoms with Crippen LogP contribution >= 0.6 is 11.6 Å². The van der Waals surface area contributed by atoms with Gasteiger partial charge in [-0.25, -0.2) is 0 Å². The van der Waals surface area contributed by atoms with E-state index in [0.717, 1.165) is 11.8 Å². The zero-order valence-corrected chi connectivity index (χ0v) is 9.89. The second-order valence-electron chi connectivity index (χ2n) is 4.48. The van der Waals surface area contributed by atoms with Crippen molar-refractivity contribution in [3.63, 3.8) is 0 Å². The Morgan fingerprint density at radius 2 is 2.24 bits per heavy atom. The molecule has 1 N–H and O–H groups in total. The molecule has 1 aromatic carbocycles. The second-order valence-corrected chi connectivity index (χ2v) is 4.89. The predicted octanol–water partition coefficient (Wildman–Crippen LogP) is 2.21. The van der Waals surface area contributed by atoms with E-state index in [1.165, 1.54) is 0 Å². The first-order valence-corrected chi connectivity index (χ1v) is 6.00. The van der Waals surface area contributed by atoms with Gasteiger partial charge < -0.3 is 9.67 Å². The molecule has 0 aliphatic heterocycles. The van der Waals surface area contributed by atoms with Crippen LogP contribution in [0.2, 0.25) is 5.02 Å². The van der Waals surface area contributed by atoms with Gasteiger partial charge in [-0.3, -0.25) is 4.79 Å². The van der Waals surface area contributed by atoms with Crippen molar-refractivity contribution in [2.24, 2.45) is 5.92 Å². The first-order chi connectivity index (χ1) is 8.22. The molecule has 2 unspecified atom stereocenters. The van der Waals surface area contributed by atoms with Gasteiger partial charge in [0.1, 0.15) is 0 Å². The summed E-state index contributed by atoms with van der Waals surface area (Å²) in [6.45, 7) is 0.137. The smallest absolute Gasteiger partial charge is 0.260 e. The van der Waals surface area contributed by atoms with Gasteiger partial charge in [-0.2, -0.15) is 0 Å². The summed E-state index contributed by atoms with van der Waals surface area (Å²) in [5, 5.41) is 11.0. The quantitative estimate of drug-likeness (QED) is 0.887. The topological polar surface area (TPSA) is 42.2 Å². The number of aromatic nitrogens is 1. The monoisotopic (exact) mass is 249 g/mol. The number of nitrogens with zero attached hydrogens (tertiary/aromatic N) is 1. The highest BCUT2D eigenvalue weighted by Crippen LogP contribution is 2.42. The van der Waals surface area contributed by atoms with Crippen molar-refractivity contribution in [2.45, 2.75) is 12.5 Å². The van der Waals surface area contributed by atoms with Crippen molar-refractivity contribution in [2.75, 3.05) is 6.61 Å². The van der Waals surface area contributed by atoms with E-state index < -0.39 is 0 Å². The number of pyridine rings is 1. The maximum absolute atomic E-state index is 12.3. The Hall–Kier alpha value is -1.32. The van der Waals surface area contributed by atoms with Crippen molar-refractivity contribution in [3.05, 3.63) is 45.8 Å². The highest BCUT2D eigenvalue weighted by Gasteiger charge is 2.38. The minimum atomic E-state index is -0.0611. The zero-order valence-electron chi connectivity index (χ0n) is 9.14. The first-order valence-electron chi connectivity index (χ1n) is 5.62. The van der Waals surface area contributed by atoms with Gasteiger partial charge in [-0.15, -0.1) is 0 Å². The molecular weight excluding hydrogens is 238 g/mol. The molecule has 0 radical (unpaired) electrons. The third kappa shape index (κ3) is 1.66. The normalized spacial score (nSPS) is 22.9. The fourth-order valence-electron chi connectivity index (χ4n) is 2.29. The number of fused-ring (bicyclic) bond motifs is 1. The summed E-state index contributed by atoms with van der Waals surface area (Å²) in [6.07, 6.45) is 2.66. The molecule has 2 atom stereocenters. The van der Waals surface area contributed by atoms with E-state index in [1.54, 1.807) is 16.8 Å². The number of aliphatic hydroxyl groups excluding tert-OH is 1. The lowest BCUT2D eigenvalue weighted by Crippen LogP contribution is -2.19. The molecule has 0 bridgehead atoms. The Balaban J connectivity index is 2.20. The predicted molar refractivity (Wildman–Crippen MR) is 67.4 cm³/mol. The molecule has 0 amide bonds. The van der Waals surface area contributed by atoms with Crippen molar-refractivity contribution in [1.29, 1.82) is 0 Å². The van der Waals surface area contributed by atoms with Crippen LogP contribution < -0.4 is 5.56 Å². The Labute approximate surface area is 103 Å². The molecule has 1 aliphatic carbocycles. The van der Waals surface area contributed by atoms with E-state index in [2.05, 4.69) is 0 Å². The van der Waals surface area contributed by atoms with E-state index in [-0.39, 0.29) is 24.1 Å². The van der Waals surface area contributed by atoms with Gasteiger partial charge in [0.05, 0.1) is 10.4 Å². The summed E-state index contributed by atoms with van der Waals surface area (Å²) in [5.41, 5.74) is -0.0611. The number of rotatable bonds is 2. The molecule has 1 heterocycles. The highest BCUT2D eigenvalue weighted by molar-refractivity contribution is 6.35. The maximum atomic E-state index is 12.3. The second kappa shape index (κ2) is 3.86. The molecule has 1 aliphatic rings. The van der Waals surface area contributed by atoms with Crippen molar-refractivity contribution in [3.8, 4) is 0 Å². The van der Waals surface area contributed by atoms with Gasteiger partial charge in [0.25, 0.3) is 5.56 Å². The Morgan fingerprint density at radius 3 is 2.94 bits per heavy atom. The van der Waals surface area contributed by atoms with Gasteiger partial charge in [0.2, 0.25) is 0 Å². The summed E-state index contributed by atoms with van der Waals surface area (Å²) in [6, 6.07) is 7.47. The van der Waals surface area contributed by atoms with E-state index in [9.17, 15) is 4.79 Å². The molecule has 0 spiro atoms. The highest BCUT2D eigenvalue weighted by atomic mass is 35.5. The van der Waals surface area contributed by atoms with Crippen molar-refractivity contribution >= 4 is 22.4 Å². The van der Waals surface area contributed by atoms with Crippen LogP contribution in [-0.4, -0.2) is 16.3 Å². The van der Waals surface area contributed by atoms with E-state index >= 15 is 0 Å². The Morgan fingerprint density at radius 1 is 1.41 bits per heavy atom. The lowest BCUT2D eigenvalue weighted by Gasteiger charge is -2.07.